The summed E-state index contributed by atoms with van der Waals surface area (Å²) in [6.45, 7) is 0. The van der Waals surface area contributed by atoms with Crippen LogP contribution < -0.4 is 0 Å². The number of rotatable bonds is 4. The molecule has 1 saturated carbocycles. The third kappa shape index (κ3) is 2.89. The smallest absolute Gasteiger partial charge is 0.0621 e. The van der Waals surface area contributed by atoms with Gasteiger partial charge >= 0.3 is 0 Å². The van der Waals surface area contributed by atoms with Gasteiger partial charge in [0.1, 0.15) is 0 Å². The molecule has 1 aromatic rings. The average Bonchev–Trinajstić information content (AvgIpc) is 2.81. The van der Waals surface area contributed by atoms with E-state index in [1.165, 1.54) is 31.2 Å². The molecule has 3 heteroatoms. The Bertz CT molecular complexity index is 334. The summed E-state index contributed by atoms with van der Waals surface area (Å²) in [5, 5.41) is 0.774. The van der Waals surface area contributed by atoms with Crippen LogP contribution in [0.5, 0.6) is 0 Å². The van der Waals surface area contributed by atoms with Crippen LogP contribution in [0, 0.1) is 11.8 Å². The fourth-order valence-corrected chi connectivity index (χ4v) is 3.19. The van der Waals surface area contributed by atoms with Crippen molar-refractivity contribution in [2.24, 2.45) is 11.8 Å². The number of hydrogen-bond donors (Lipinski definition) is 0. The second-order valence-electron chi connectivity index (χ2n) is 4.63. The highest BCUT2D eigenvalue weighted by Gasteiger charge is 2.24. The molecule has 1 fully saturated rings. The second kappa shape index (κ2) is 5.88. The summed E-state index contributed by atoms with van der Waals surface area (Å²) >= 11 is 12.2. The monoisotopic (exact) mass is 257 g/mol. The van der Waals surface area contributed by atoms with Gasteiger partial charge in [-0.15, -0.1) is 11.6 Å². The average molecular weight is 258 g/mol. The van der Waals surface area contributed by atoms with Gasteiger partial charge in [-0.3, -0.25) is 4.98 Å². The molecule has 0 bridgehead atoms. The first-order valence-corrected chi connectivity index (χ1v) is 6.87. The molecule has 0 saturated heterocycles. The van der Waals surface area contributed by atoms with Crippen molar-refractivity contribution in [1.29, 1.82) is 0 Å². The molecule has 1 unspecified atom stereocenters. The van der Waals surface area contributed by atoms with E-state index in [0.29, 0.717) is 5.92 Å². The normalized spacial score (nSPS) is 18.9. The Kier molecular flexibility index (Phi) is 4.48. The van der Waals surface area contributed by atoms with Crippen molar-refractivity contribution in [3.8, 4) is 0 Å². The van der Waals surface area contributed by atoms with E-state index >= 15 is 0 Å². The van der Waals surface area contributed by atoms with Crippen LogP contribution in [-0.4, -0.2) is 10.9 Å². The maximum Gasteiger partial charge on any atom is 0.0621 e. The molecule has 1 nitrogen and oxygen atoms in total. The third-order valence-corrected chi connectivity index (χ3v) is 4.34. The van der Waals surface area contributed by atoms with E-state index in [-0.39, 0.29) is 0 Å². The lowest BCUT2D eigenvalue weighted by Gasteiger charge is -2.21. The van der Waals surface area contributed by atoms with Gasteiger partial charge in [0.05, 0.1) is 5.02 Å². The maximum absolute atomic E-state index is 6.13. The number of nitrogens with zero attached hydrogens (tertiary/aromatic N) is 1. The van der Waals surface area contributed by atoms with Crippen molar-refractivity contribution in [1.82, 2.24) is 4.98 Å². The van der Waals surface area contributed by atoms with Gasteiger partial charge in [0.25, 0.3) is 0 Å². The first-order chi connectivity index (χ1) is 7.81. The van der Waals surface area contributed by atoms with Crippen LogP contribution >= 0.6 is 23.2 Å². The van der Waals surface area contributed by atoms with Crippen molar-refractivity contribution in [3.63, 3.8) is 0 Å². The number of alkyl halides is 1. The maximum atomic E-state index is 6.13. The molecule has 0 radical (unpaired) electrons. The van der Waals surface area contributed by atoms with Crippen LogP contribution in [0.4, 0.5) is 0 Å². The van der Waals surface area contributed by atoms with Crippen LogP contribution in [0.25, 0.3) is 0 Å². The Hall–Kier alpha value is -0.270. The summed E-state index contributed by atoms with van der Waals surface area (Å²) < 4.78 is 0. The predicted molar refractivity (Wildman–Crippen MR) is 69.1 cm³/mol. The van der Waals surface area contributed by atoms with Gasteiger partial charge < -0.3 is 0 Å². The minimum absolute atomic E-state index is 0.573. The van der Waals surface area contributed by atoms with E-state index in [2.05, 4.69) is 4.98 Å². The summed E-state index contributed by atoms with van der Waals surface area (Å²) in [6, 6.07) is 2.01. The van der Waals surface area contributed by atoms with Crippen LogP contribution in [0.1, 0.15) is 31.2 Å². The molecule has 1 aliphatic carbocycles. The van der Waals surface area contributed by atoms with E-state index < -0.39 is 0 Å². The molecule has 0 aliphatic heterocycles. The minimum atomic E-state index is 0.573. The molecule has 0 spiro atoms. The second-order valence-corrected chi connectivity index (χ2v) is 5.35. The summed E-state index contributed by atoms with van der Waals surface area (Å²) in [7, 11) is 0. The molecular weight excluding hydrogens is 241 g/mol. The number of aromatic nitrogens is 1. The van der Waals surface area contributed by atoms with Crippen molar-refractivity contribution >= 4 is 23.2 Å². The summed E-state index contributed by atoms with van der Waals surface area (Å²) in [4.78, 5) is 4.01. The topological polar surface area (TPSA) is 12.9 Å². The van der Waals surface area contributed by atoms with Crippen LogP contribution in [-0.2, 0) is 6.42 Å². The molecule has 88 valence electrons. The molecule has 0 amide bonds. The van der Waals surface area contributed by atoms with E-state index in [0.717, 1.165) is 23.2 Å². The summed E-state index contributed by atoms with van der Waals surface area (Å²) in [5.41, 5.74) is 1.19. The van der Waals surface area contributed by atoms with Crippen LogP contribution in [0.15, 0.2) is 18.5 Å². The van der Waals surface area contributed by atoms with Crippen molar-refractivity contribution in [2.75, 3.05) is 5.88 Å². The van der Waals surface area contributed by atoms with Crippen molar-refractivity contribution in [2.45, 2.75) is 32.1 Å². The van der Waals surface area contributed by atoms with Gasteiger partial charge in [-0.2, -0.15) is 0 Å². The van der Waals surface area contributed by atoms with E-state index in [9.17, 15) is 0 Å². The molecule has 2 rings (SSSR count). The van der Waals surface area contributed by atoms with E-state index in [1.54, 1.807) is 12.4 Å². The first kappa shape index (κ1) is 12.2. The zero-order valence-electron chi connectivity index (χ0n) is 9.33. The number of pyridine rings is 1. The lowest BCUT2D eigenvalue weighted by atomic mass is 9.87. The SMILES string of the molecule is ClCC(Cc1ccncc1Cl)C1CCCC1. The fraction of sp³-hybridized carbons (Fsp3) is 0.615. The Balaban J connectivity index is 2.03. The van der Waals surface area contributed by atoms with Gasteiger partial charge in [-0.1, -0.05) is 37.3 Å². The minimum Gasteiger partial charge on any atom is -0.263 e. The van der Waals surface area contributed by atoms with Gasteiger partial charge in [0.2, 0.25) is 0 Å². The van der Waals surface area contributed by atoms with Crippen LogP contribution in [0.2, 0.25) is 5.02 Å². The number of halogens is 2. The molecular formula is C13H17Cl2N. The molecule has 1 aliphatic rings. The quantitative estimate of drug-likeness (QED) is 0.733. The first-order valence-electron chi connectivity index (χ1n) is 5.95. The zero-order valence-corrected chi connectivity index (χ0v) is 10.8. The molecule has 1 atom stereocenters. The molecule has 0 N–H and O–H groups in total. The summed E-state index contributed by atoms with van der Waals surface area (Å²) in [6.07, 6.45) is 9.91. The zero-order chi connectivity index (χ0) is 11.4. The third-order valence-electron chi connectivity index (χ3n) is 3.60. The lowest BCUT2D eigenvalue weighted by molar-refractivity contribution is 0.369. The van der Waals surface area contributed by atoms with Crippen molar-refractivity contribution < 1.29 is 0 Å². The van der Waals surface area contributed by atoms with E-state index in [1.807, 2.05) is 6.07 Å². The predicted octanol–water partition coefficient (Wildman–Crippen LogP) is 4.32. The van der Waals surface area contributed by atoms with Gasteiger partial charge in [0.15, 0.2) is 0 Å². The Morgan fingerprint density at radius 1 is 1.38 bits per heavy atom. The molecule has 1 heterocycles. The van der Waals surface area contributed by atoms with Crippen molar-refractivity contribution in [3.05, 3.63) is 29.0 Å². The Morgan fingerprint density at radius 3 is 2.75 bits per heavy atom. The van der Waals surface area contributed by atoms with Crippen LogP contribution in [0.3, 0.4) is 0 Å². The Labute approximate surface area is 107 Å². The van der Waals surface area contributed by atoms with Gasteiger partial charge in [0, 0.05) is 18.3 Å². The van der Waals surface area contributed by atoms with E-state index in [4.69, 9.17) is 23.2 Å². The largest absolute Gasteiger partial charge is 0.263 e. The summed E-state index contributed by atoms with van der Waals surface area (Å²) in [5.74, 6) is 2.11. The highest BCUT2D eigenvalue weighted by atomic mass is 35.5. The molecule has 16 heavy (non-hydrogen) atoms. The standard InChI is InChI=1S/C13H17Cl2N/c14-8-12(10-3-1-2-4-10)7-11-5-6-16-9-13(11)15/h5-6,9-10,12H,1-4,7-8H2. The van der Waals surface area contributed by atoms with Gasteiger partial charge in [-0.05, 0) is 29.9 Å². The number of hydrogen-bond acceptors (Lipinski definition) is 1. The Morgan fingerprint density at radius 2 is 2.12 bits per heavy atom. The highest BCUT2D eigenvalue weighted by molar-refractivity contribution is 6.31. The fourth-order valence-electron chi connectivity index (χ4n) is 2.63. The molecule has 0 aromatic carbocycles. The molecule has 1 aromatic heterocycles. The lowest BCUT2D eigenvalue weighted by Crippen LogP contribution is -2.16. The highest BCUT2D eigenvalue weighted by Crippen LogP contribution is 2.34. The van der Waals surface area contributed by atoms with Gasteiger partial charge in [-0.25, -0.2) is 0 Å².